The number of aromatic amines is 1. The predicted molar refractivity (Wildman–Crippen MR) is 109 cm³/mol. The molecule has 0 bridgehead atoms. The molecule has 0 atom stereocenters. The van der Waals surface area contributed by atoms with Crippen LogP contribution in [-0.2, 0) is 13.1 Å². The van der Waals surface area contributed by atoms with E-state index >= 15 is 0 Å². The summed E-state index contributed by atoms with van der Waals surface area (Å²) in [4.78, 5) is 16.2. The van der Waals surface area contributed by atoms with Crippen molar-refractivity contribution in [3.8, 4) is 5.75 Å². The van der Waals surface area contributed by atoms with Crippen molar-refractivity contribution in [1.29, 1.82) is 0 Å². The quantitative estimate of drug-likeness (QED) is 0.541. The van der Waals surface area contributed by atoms with Crippen molar-refractivity contribution in [2.75, 3.05) is 7.11 Å². The lowest BCUT2D eigenvalue weighted by Crippen LogP contribution is -2.24. The maximum absolute atomic E-state index is 13.0. The zero-order chi connectivity index (χ0) is 19.5. The number of carbonyl (C=O) groups is 1. The highest BCUT2D eigenvalue weighted by molar-refractivity contribution is 6.08. The van der Waals surface area contributed by atoms with Gasteiger partial charge in [-0.1, -0.05) is 24.3 Å². The molecule has 4 aromatic rings. The number of rotatable bonds is 6. The molecular weight excluding hydrogens is 352 g/mol. The first-order valence-electron chi connectivity index (χ1n) is 9.14. The van der Waals surface area contributed by atoms with Gasteiger partial charge in [0.05, 0.1) is 19.2 Å². The number of aryl methyl sites for hydroxylation is 1. The minimum Gasteiger partial charge on any atom is -0.497 e. The van der Waals surface area contributed by atoms with E-state index in [1.54, 1.807) is 13.3 Å². The summed E-state index contributed by atoms with van der Waals surface area (Å²) < 4.78 is 7.18. The van der Waals surface area contributed by atoms with Crippen LogP contribution in [0.3, 0.4) is 0 Å². The fraction of sp³-hybridized carbons (Fsp3) is 0.182. The van der Waals surface area contributed by atoms with Crippen LogP contribution in [0.25, 0.3) is 10.9 Å². The zero-order valence-electron chi connectivity index (χ0n) is 15.9. The Kier molecular flexibility index (Phi) is 4.85. The summed E-state index contributed by atoms with van der Waals surface area (Å²) in [6, 6.07) is 15.7. The molecule has 0 aliphatic heterocycles. The fourth-order valence-corrected chi connectivity index (χ4v) is 3.44. The Labute approximate surface area is 163 Å². The molecule has 0 saturated heterocycles. The molecule has 142 valence electrons. The number of H-pyrrole nitrogens is 1. The molecule has 4 rings (SSSR count). The molecule has 0 saturated carbocycles. The minimum absolute atomic E-state index is 0.106. The lowest BCUT2D eigenvalue weighted by atomic mass is 10.1. The fourth-order valence-electron chi connectivity index (χ4n) is 3.44. The molecule has 6 heteroatoms. The summed E-state index contributed by atoms with van der Waals surface area (Å²) >= 11 is 0. The normalized spacial score (nSPS) is 10.9. The van der Waals surface area contributed by atoms with E-state index in [9.17, 15) is 4.79 Å². The van der Waals surface area contributed by atoms with E-state index < -0.39 is 0 Å². The SMILES string of the molecule is COc1ccc2[nH]c(C)c(C(=O)NCc3ccccc3Cn3cccn3)c2c1. The molecular formula is C22H22N4O2. The van der Waals surface area contributed by atoms with Gasteiger partial charge in [0.25, 0.3) is 5.91 Å². The third kappa shape index (κ3) is 3.49. The second-order valence-corrected chi connectivity index (χ2v) is 6.69. The van der Waals surface area contributed by atoms with Crippen LogP contribution < -0.4 is 10.1 Å². The number of ether oxygens (including phenoxy) is 1. The van der Waals surface area contributed by atoms with Crippen LogP contribution in [0, 0.1) is 6.92 Å². The van der Waals surface area contributed by atoms with Gasteiger partial charge in [-0.2, -0.15) is 5.10 Å². The van der Waals surface area contributed by atoms with Crippen molar-refractivity contribution < 1.29 is 9.53 Å². The van der Waals surface area contributed by atoms with Crippen LogP contribution in [-0.4, -0.2) is 27.8 Å². The van der Waals surface area contributed by atoms with Gasteiger partial charge in [0, 0.05) is 35.5 Å². The minimum atomic E-state index is -0.106. The molecule has 0 aliphatic rings. The third-order valence-corrected chi connectivity index (χ3v) is 4.87. The average molecular weight is 374 g/mol. The van der Waals surface area contributed by atoms with Crippen molar-refractivity contribution in [2.24, 2.45) is 0 Å². The largest absolute Gasteiger partial charge is 0.497 e. The molecule has 0 radical (unpaired) electrons. The molecule has 2 heterocycles. The average Bonchev–Trinajstić information content (AvgIpc) is 3.33. The van der Waals surface area contributed by atoms with Gasteiger partial charge in [-0.05, 0) is 42.3 Å². The van der Waals surface area contributed by atoms with Gasteiger partial charge in [0.1, 0.15) is 5.75 Å². The van der Waals surface area contributed by atoms with Crippen LogP contribution in [0.15, 0.2) is 60.9 Å². The summed E-state index contributed by atoms with van der Waals surface area (Å²) in [6.45, 7) is 3.03. The number of amides is 1. The van der Waals surface area contributed by atoms with Gasteiger partial charge >= 0.3 is 0 Å². The number of hydrogen-bond acceptors (Lipinski definition) is 3. The van der Waals surface area contributed by atoms with Gasteiger partial charge in [-0.25, -0.2) is 0 Å². The number of nitrogens with one attached hydrogen (secondary N) is 2. The van der Waals surface area contributed by atoms with E-state index in [1.807, 2.05) is 60.3 Å². The van der Waals surface area contributed by atoms with Gasteiger partial charge < -0.3 is 15.0 Å². The molecule has 6 nitrogen and oxygen atoms in total. The van der Waals surface area contributed by atoms with Crippen molar-refractivity contribution in [3.63, 3.8) is 0 Å². The van der Waals surface area contributed by atoms with Gasteiger partial charge in [0.2, 0.25) is 0 Å². The van der Waals surface area contributed by atoms with E-state index in [0.717, 1.165) is 33.5 Å². The standard InChI is InChI=1S/C22H22N4O2/c1-15-21(19-12-18(28-2)8-9-20(19)25-15)22(27)23-13-16-6-3-4-7-17(16)14-26-11-5-10-24-26/h3-12,25H,13-14H2,1-2H3,(H,23,27). The van der Waals surface area contributed by atoms with Crippen LogP contribution in [0.1, 0.15) is 27.2 Å². The Balaban J connectivity index is 1.56. The van der Waals surface area contributed by atoms with E-state index in [4.69, 9.17) is 4.74 Å². The lowest BCUT2D eigenvalue weighted by Gasteiger charge is -2.11. The number of aromatic nitrogens is 3. The Morgan fingerprint density at radius 3 is 2.75 bits per heavy atom. The highest BCUT2D eigenvalue weighted by atomic mass is 16.5. The summed E-state index contributed by atoms with van der Waals surface area (Å²) in [5.41, 5.74) is 4.61. The number of methoxy groups -OCH3 is 1. The Hall–Kier alpha value is -3.54. The van der Waals surface area contributed by atoms with Crippen LogP contribution in [0.5, 0.6) is 5.75 Å². The topological polar surface area (TPSA) is 71.9 Å². The first kappa shape index (κ1) is 17.9. The zero-order valence-corrected chi connectivity index (χ0v) is 15.9. The predicted octanol–water partition coefficient (Wildman–Crippen LogP) is 3.66. The highest BCUT2D eigenvalue weighted by Crippen LogP contribution is 2.26. The molecule has 0 spiro atoms. The van der Waals surface area contributed by atoms with Crippen LogP contribution in [0.4, 0.5) is 0 Å². The smallest absolute Gasteiger partial charge is 0.253 e. The van der Waals surface area contributed by atoms with E-state index in [1.165, 1.54) is 0 Å². The van der Waals surface area contributed by atoms with Gasteiger partial charge in [-0.3, -0.25) is 9.48 Å². The highest BCUT2D eigenvalue weighted by Gasteiger charge is 2.17. The van der Waals surface area contributed by atoms with E-state index in [2.05, 4.69) is 21.5 Å². The molecule has 2 N–H and O–H groups in total. The van der Waals surface area contributed by atoms with Crippen LogP contribution >= 0.6 is 0 Å². The molecule has 0 fully saturated rings. The number of benzene rings is 2. The summed E-state index contributed by atoms with van der Waals surface area (Å²) in [7, 11) is 1.62. The van der Waals surface area contributed by atoms with Crippen molar-refractivity contribution >= 4 is 16.8 Å². The van der Waals surface area contributed by atoms with Gasteiger partial charge in [0.15, 0.2) is 0 Å². The molecule has 0 aliphatic carbocycles. The molecule has 1 amide bonds. The molecule has 0 unspecified atom stereocenters. The first-order chi connectivity index (χ1) is 13.7. The van der Waals surface area contributed by atoms with Crippen LogP contribution in [0.2, 0.25) is 0 Å². The summed E-state index contributed by atoms with van der Waals surface area (Å²) in [5.74, 6) is 0.621. The Morgan fingerprint density at radius 1 is 1.18 bits per heavy atom. The van der Waals surface area contributed by atoms with Crippen molar-refractivity contribution in [1.82, 2.24) is 20.1 Å². The number of fused-ring (bicyclic) bond motifs is 1. The van der Waals surface area contributed by atoms with E-state index in [-0.39, 0.29) is 5.91 Å². The molecule has 2 aromatic heterocycles. The second kappa shape index (κ2) is 7.60. The number of carbonyl (C=O) groups excluding carboxylic acids is 1. The molecule has 2 aromatic carbocycles. The lowest BCUT2D eigenvalue weighted by molar-refractivity contribution is 0.0952. The third-order valence-electron chi connectivity index (χ3n) is 4.87. The number of hydrogen-bond donors (Lipinski definition) is 2. The van der Waals surface area contributed by atoms with Gasteiger partial charge in [-0.15, -0.1) is 0 Å². The van der Waals surface area contributed by atoms with Crippen molar-refractivity contribution in [2.45, 2.75) is 20.0 Å². The maximum Gasteiger partial charge on any atom is 0.253 e. The van der Waals surface area contributed by atoms with Crippen molar-refractivity contribution in [3.05, 3.63) is 83.3 Å². The monoisotopic (exact) mass is 374 g/mol. The maximum atomic E-state index is 13.0. The second-order valence-electron chi connectivity index (χ2n) is 6.69. The first-order valence-corrected chi connectivity index (χ1v) is 9.14. The summed E-state index contributed by atoms with van der Waals surface area (Å²) in [6.07, 6.45) is 3.69. The Bertz CT molecular complexity index is 1110. The molecule has 28 heavy (non-hydrogen) atoms. The Morgan fingerprint density at radius 2 is 2.00 bits per heavy atom. The number of nitrogens with zero attached hydrogens (tertiary/aromatic N) is 2. The van der Waals surface area contributed by atoms with E-state index in [0.29, 0.717) is 18.7 Å². The summed E-state index contributed by atoms with van der Waals surface area (Å²) in [5, 5.41) is 8.19.